The highest BCUT2D eigenvalue weighted by atomic mass is 19.1. The largest absolute Gasteiger partial charge is 0.395 e. The monoisotopic (exact) mass is 209 g/mol. The van der Waals surface area contributed by atoms with Crippen molar-refractivity contribution in [3.05, 3.63) is 35.9 Å². The second kappa shape index (κ2) is 4.73. The Morgan fingerprint density at radius 3 is 2.73 bits per heavy atom. The summed E-state index contributed by atoms with van der Waals surface area (Å²) in [5.74, 6) is 0. The van der Waals surface area contributed by atoms with Crippen LogP contribution < -0.4 is 0 Å². The van der Waals surface area contributed by atoms with Crippen LogP contribution in [0.1, 0.15) is 12.0 Å². The van der Waals surface area contributed by atoms with Gasteiger partial charge in [-0.3, -0.25) is 4.90 Å². The van der Waals surface area contributed by atoms with Gasteiger partial charge < -0.3 is 5.11 Å². The molecule has 0 saturated carbocycles. The molecule has 2 rings (SSSR count). The Kier molecular flexibility index (Phi) is 3.34. The van der Waals surface area contributed by atoms with Crippen molar-refractivity contribution in [3.8, 4) is 0 Å². The SMILES string of the molecule is OC[C@H]1C[C@H](F)CN1Cc1ccccc1. The summed E-state index contributed by atoms with van der Waals surface area (Å²) < 4.78 is 13.2. The molecule has 1 aliphatic rings. The molecule has 15 heavy (non-hydrogen) atoms. The first-order valence-electron chi connectivity index (χ1n) is 5.32. The predicted octanol–water partition coefficient (Wildman–Crippen LogP) is 1.59. The van der Waals surface area contributed by atoms with Gasteiger partial charge in [0.15, 0.2) is 0 Å². The van der Waals surface area contributed by atoms with Gasteiger partial charge in [-0.2, -0.15) is 0 Å². The van der Waals surface area contributed by atoms with Gasteiger partial charge in [0.2, 0.25) is 0 Å². The third-order valence-corrected chi connectivity index (χ3v) is 2.92. The second-order valence-corrected chi connectivity index (χ2v) is 4.08. The van der Waals surface area contributed by atoms with Crippen LogP contribution in [0.25, 0.3) is 0 Å². The lowest BCUT2D eigenvalue weighted by Crippen LogP contribution is -2.31. The summed E-state index contributed by atoms with van der Waals surface area (Å²) in [6.07, 6.45) is -0.325. The fourth-order valence-corrected chi connectivity index (χ4v) is 2.12. The standard InChI is InChI=1S/C12H16FNO/c13-11-6-12(9-15)14(8-11)7-10-4-2-1-3-5-10/h1-5,11-12,15H,6-9H2/t11-,12+/m0/s1. The average molecular weight is 209 g/mol. The minimum absolute atomic E-state index is 0.0137. The fourth-order valence-electron chi connectivity index (χ4n) is 2.12. The van der Waals surface area contributed by atoms with Crippen LogP contribution in [0, 0.1) is 0 Å². The molecule has 1 aromatic rings. The Morgan fingerprint density at radius 1 is 1.33 bits per heavy atom. The Balaban J connectivity index is 2.00. The number of benzene rings is 1. The molecule has 2 nitrogen and oxygen atoms in total. The zero-order valence-corrected chi connectivity index (χ0v) is 8.64. The Labute approximate surface area is 89.3 Å². The van der Waals surface area contributed by atoms with Gasteiger partial charge >= 0.3 is 0 Å². The molecule has 1 fully saturated rings. The summed E-state index contributed by atoms with van der Waals surface area (Å²) in [6, 6.07) is 9.97. The van der Waals surface area contributed by atoms with Crippen molar-refractivity contribution in [3.63, 3.8) is 0 Å². The van der Waals surface area contributed by atoms with Crippen LogP contribution >= 0.6 is 0 Å². The van der Waals surface area contributed by atoms with E-state index in [4.69, 9.17) is 5.11 Å². The molecule has 0 spiro atoms. The lowest BCUT2D eigenvalue weighted by atomic mass is 10.2. The highest BCUT2D eigenvalue weighted by Crippen LogP contribution is 2.22. The van der Waals surface area contributed by atoms with E-state index in [2.05, 4.69) is 0 Å². The molecule has 1 aliphatic heterocycles. The lowest BCUT2D eigenvalue weighted by molar-refractivity contribution is 0.153. The summed E-state index contributed by atoms with van der Waals surface area (Å²) in [5, 5.41) is 9.12. The van der Waals surface area contributed by atoms with Crippen LogP contribution in [-0.4, -0.2) is 35.4 Å². The van der Waals surface area contributed by atoms with Crippen LogP contribution in [-0.2, 0) is 6.54 Å². The second-order valence-electron chi connectivity index (χ2n) is 4.08. The Morgan fingerprint density at radius 2 is 2.07 bits per heavy atom. The van der Waals surface area contributed by atoms with E-state index in [1.54, 1.807) is 0 Å². The minimum atomic E-state index is -0.786. The molecule has 3 heteroatoms. The minimum Gasteiger partial charge on any atom is -0.395 e. The molecule has 0 bridgehead atoms. The third-order valence-electron chi connectivity index (χ3n) is 2.92. The van der Waals surface area contributed by atoms with Gasteiger partial charge in [-0.1, -0.05) is 30.3 Å². The number of hydrogen-bond acceptors (Lipinski definition) is 2. The van der Waals surface area contributed by atoms with Crippen molar-refractivity contribution in [1.29, 1.82) is 0 Å². The van der Waals surface area contributed by atoms with E-state index in [-0.39, 0.29) is 12.6 Å². The molecule has 1 heterocycles. The number of halogens is 1. The maximum atomic E-state index is 13.2. The molecule has 0 unspecified atom stereocenters. The van der Waals surface area contributed by atoms with Crippen LogP contribution in [0.4, 0.5) is 4.39 Å². The van der Waals surface area contributed by atoms with Crippen molar-refractivity contribution < 1.29 is 9.50 Å². The Hall–Kier alpha value is -0.930. The fraction of sp³-hybridized carbons (Fsp3) is 0.500. The van der Waals surface area contributed by atoms with E-state index in [0.717, 1.165) is 6.54 Å². The van der Waals surface area contributed by atoms with E-state index in [9.17, 15) is 4.39 Å². The molecule has 0 amide bonds. The van der Waals surface area contributed by atoms with E-state index in [1.165, 1.54) is 5.56 Å². The van der Waals surface area contributed by atoms with Crippen molar-refractivity contribution in [2.75, 3.05) is 13.2 Å². The normalized spacial score (nSPS) is 27.1. The third kappa shape index (κ3) is 2.55. The van der Waals surface area contributed by atoms with Crippen LogP contribution in [0.15, 0.2) is 30.3 Å². The predicted molar refractivity (Wildman–Crippen MR) is 57.2 cm³/mol. The van der Waals surface area contributed by atoms with Crippen molar-refractivity contribution in [1.82, 2.24) is 4.90 Å². The number of aliphatic hydroxyl groups is 1. The summed E-state index contributed by atoms with van der Waals surface area (Å²) in [5.41, 5.74) is 1.17. The molecule has 82 valence electrons. The zero-order chi connectivity index (χ0) is 10.7. The van der Waals surface area contributed by atoms with Gasteiger partial charge in [0.1, 0.15) is 6.17 Å². The summed E-state index contributed by atoms with van der Waals surface area (Å²) in [6.45, 7) is 1.22. The van der Waals surface area contributed by atoms with Gasteiger partial charge in [0.05, 0.1) is 6.61 Å². The van der Waals surface area contributed by atoms with Crippen LogP contribution in [0.5, 0.6) is 0 Å². The summed E-state index contributed by atoms with van der Waals surface area (Å²) in [4.78, 5) is 2.01. The van der Waals surface area contributed by atoms with Crippen molar-refractivity contribution in [2.24, 2.45) is 0 Å². The van der Waals surface area contributed by atoms with Gasteiger partial charge in [-0.05, 0) is 12.0 Å². The number of hydrogen-bond donors (Lipinski definition) is 1. The van der Waals surface area contributed by atoms with Gasteiger partial charge in [-0.15, -0.1) is 0 Å². The van der Waals surface area contributed by atoms with Gasteiger partial charge in [-0.25, -0.2) is 4.39 Å². The first kappa shape index (κ1) is 10.6. The maximum Gasteiger partial charge on any atom is 0.114 e. The number of aliphatic hydroxyl groups excluding tert-OH is 1. The highest BCUT2D eigenvalue weighted by molar-refractivity contribution is 5.15. The lowest BCUT2D eigenvalue weighted by Gasteiger charge is -2.21. The van der Waals surface area contributed by atoms with E-state index in [0.29, 0.717) is 13.0 Å². The number of nitrogens with zero attached hydrogens (tertiary/aromatic N) is 1. The van der Waals surface area contributed by atoms with E-state index in [1.807, 2.05) is 35.2 Å². The van der Waals surface area contributed by atoms with Crippen molar-refractivity contribution >= 4 is 0 Å². The zero-order valence-electron chi connectivity index (χ0n) is 8.64. The summed E-state index contributed by atoms with van der Waals surface area (Å²) >= 11 is 0. The summed E-state index contributed by atoms with van der Waals surface area (Å²) in [7, 11) is 0. The Bertz CT molecular complexity index is 304. The molecule has 0 aromatic heterocycles. The topological polar surface area (TPSA) is 23.5 Å². The molecule has 2 atom stereocenters. The first-order chi connectivity index (χ1) is 7.29. The number of alkyl halides is 1. The quantitative estimate of drug-likeness (QED) is 0.817. The van der Waals surface area contributed by atoms with E-state index < -0.39 is 6.17 Å². The molecular weight excluding hydrogens is 193 g/mol. The highest BCUT2D eigenvalue weighted by Gasteiger charge is 2.31. The number of likely N-dealkylation sites (tertiary alicyclic amines) is 1. The smallest absolute Gasteiger partial charge is 0.114 e. The molecule has 1 N–H and O–H groups in total. The van der Waals surface area contributed by atoms with Crippen LogP contribution in [0.3, 0.4) is 0 Å². The molecule has 1 aromatic carbocycles. The number of rotatable bonds is 3. The van der Waals surface area contributed by atoms with Crippen molar-refractivity contribution in [2.45, 2.75) is 25.2 Å². The molecule has 0 radical (unpaired) electrons. The van der Waals surface area contributed by atoms with Gasteiger partial charge in [0.25, 0.3) is 0 Å². The van der Waals surface area contributed by atoms with Gasteiger partial charge in [0, 0.05) is 19.1 Å². The molecule has 1 saturated heterocycles. The van der Waals surface area contributed by atoms with Crippen LogP contribution in [0.2, 0.25) is 0 Å². The average Bonchev–Trinajstić information content (AvgIpc) is 2.60. The molecule has 0 aliphatic carbocycles. The first-order valence-corrected chi connectivity index (χ1v) is 5.32. The maximum absolute atomic E-state index is 13.2. The van der Waals surface area contributed by atoms with E-state index >= 15 is 0 Å². The molecular formula is C12H16FNO.